The van der Waals surface area contributed by atoms with Gasteiger partial charge in [-0.25, -0.2) is 15.0 Å². The first-order valence-electron chi connectivity index (χ1n) is 9.53. The summed E-state index contributed by atoms with van der Waals surface area (Å²) in [6, 6.07) is 3.61. The second-order valence-electron chi connectivity index (χ2n) is 6.97. The zero-order chi connectivity index (χ0) is 20.5. The average molecular weight is 439 g/mol. The van der Waals surface area contributed by atoms with Crippen molar-refractivity contribution in [1.82, 2.24) is 24.5 Å². The van der Waals surface area contributed by atoms with Gasteiger partial charge < -0.3 is 10.3 Å². The van der Waals surface area contributed by atoms with Gasteiger partial charge in [0.25, 0.3) is 5.56 Å². The number of carbonyl (C=O) groups is 1. The summed E-state index contributed by atoms with van der Waals surface area (Å²) in [5, 5.41) is 3.59. The lowest BCUT2D eigenvalue weighted by atomic mass is 10.2. The molecule has 5 rings (SSSR count). The van der Waals surface area contributed by atoms with E-state index in [2.05, 4.69) is 25.3 Å². The van der Waals surface area contributed by atoms with Crippen molar-refractivity contribution in [2.75, 3.05) is 11.1 Å². The molecule has 2 N–H and O–H groups in total. The number of hydrogen-bond donors (Lipinski definition) is 2. The van der Waals surface area contributed by atoms with E-state index in [9.17, 15) is 9.59 Å². The van der Waals surface area contributed by atoms with Crippen LogP contribution in [0.3, 0.4) is 0 Å². The minimum Gasteiger partial charge on any atom is -0.324 e. The van der Waals surface area contributed by atoms with Crippen LogP contribution in [0, 0.1) is 0 Å². The highest BCUT2D eigenvalue weighted by Gasteiger charge is 2.21. The standard InChI is InChI=1S/C20H18N6O2S2/c27-17(23-12-4-5-16(22-8-12)26-7-6-21-11-26)10-29-9-15-24-19(28)18-13-2-1-3-14(13)30-20(18)25-15/h4-8,11H,1-3,9-10H2,(H,23,27)(H,24,25,28). The second kappa shape index (κ2) is 8.04. The van der Waals surface area contributed by atoms with Crippen LogP contribution in [0.5, 0.6) is 0 Å². The third-order valence-electron chi connectivity index (χ3n) is 4.90. The number of fused-ring (bicyclic) bond motifs is 3. The number of thioether (sulfide) groups is 1. The zero-order valence-electron chi connectivity index (χ0n) is 15.9. The quantitative estimate of drug-likeness (QED) is 0.480. The molecule has 0 aromatic carbocycles. The van der Waals surface area contributed by atoms with Gasteiger partial charge in [-0.3, -0.25) is 14.2 Å². The van der Waals surface area contributed by atoms with Gasteiger partial charge in [0.2, 0.25) is 5.91 Å². The largest absolute Gasteiger partial charge is 0.324 e. The molecular formula is C20H18N6O2S2. The van der Waals surface area contributed by atoms with Gasteiger partial charge in [-0.15, -0.1) is 23.1 Å². The van der Waals surface area contributed by atoms with Crippen LogP contribution in [0.1, 0.15) is 22.7 Å². The molecule has 0 unspecified atom stereocenters. The first kappa shape index (κ1) is 19.0. The second-order valence-corrected chi connectivity index (χ2v) is 9.04. The van der Waals surface area contributed by atoms with E-state index < -0.39 is 0 Å². The summed E-state index contributed by atoms with van der Waals surface area (Å²) < 4.78 is 1.79. The van der Waals surface area contributed by atoms with E-state index in [1.54, 1.807) is 46.9 Å². The van der Waals surface area contributed by atoms with Crippen LogP contribution in [0.25, 0.3) is 16.0 Å². The fraction of sp³-hybridized carbons (Fsp3) is 0.250. The van der Waals surface area contributed by atoms with Crippen molar-refractivity contribution < 1.29 is 4.79 Å². The number of carbonyl (C=O) groups excluding carboxylic acids is 1. The van der Waals surface area contributed by atoms with E-state index in [-0.39, 0.29) is 17.2 Å². The number of nitrogens with one attached hydrogen (secondary N) is 2. The molecule has 0 radical (unpaired) electrons. The van der Waals surface area contributed by atoms with Crippen LogP contribution in [0.4, 0.5) is 5.69 Å². The molecule has 1 amide bonds. The third kappa shape index (κ3) is 3.75. The average Bonchev–Trinajstić information content (AvgIpc) is 3.46. The summed E-state index contributed by atoms with van der Waals surface area (Å²) in [5.41, 5.74) is 1.74. The highest BCUT2D eigenvalue weighted by molar-refractivity contribution is 7.99. The monoisotopic (exact) mass is 438 g/mol. The number of anilines is 1. The minimum absolute atomic E-state index is 0.0662. The van der Waals surface area contributed by atoms with Gasteiger partial charge in [-0.2, -0.15) is 0 Å². The molecule has 0 spiro atoms. The highest BCUT2D eigenvalue weighted by Crippen LogP contribution is 2.34. The molecule has 0 bridgehead atoms. The number of nitrogens with zero attached hydrogens (tertiary/aromatic N) is 4. The number of aromatic amines is 1. The maximum Gasteiger partial charge on any atom is 0.259 e. The van der Waals surface area contributed by atoms with Gasteiger partial charge in [-0.05, 0) is 37.0 Å². The van der Waals surface area contributed by atoms with E-state index in [0.29, 0.717) is 17.3 Å². The molecule has 30 heavy (non-hydrogen) atoms. The van der Waals surface area contributed by atoms with Crippen molar-refractivity contribution >= 4 is 44.9 Å². The molecule has 0 aliphatic heterocycles. The highest BCUT2D eigenvalue weighted by atomic mass is 32.2. The van der Waals surface area contributed by atoms with Crippen molar-refractivity contribution in [3.05, 3.63) is 63.7 Å². The van der Waals surface area contributed by atoms with Gasteiger partial charge >= 0.3 is 0 Å². The summed E-state index contributed by atoms with van der Waals surface area (Å²) in [7, 11) is 0. The molecule has 0 saturated carbocycles. The Hall–Kier alpha value is -2.98. The molecule has 0 fully saturated rings. The molecule has 8 nitrogen and oxygen atoms in total. The Morgan fingerprint density at radius 2 is 2.27 bits per heavy atom. The Kier molecular flexibility index (Phi) is 5.09. The van der Waals surface area contributed by atoms with Gasteiger partial charge in [-0.1, -0.05) is 0 Å². The molecule has 1 aliphatic rings. The lowest BCUT2D eigenvalue weighted by molar-refractivity contribution is -0.113. The van der Waals surface area contributed by atoms with Gasteiger partial charge in [0.05, 0.1) is 28.8 Å². The Labute approximate surface area is 179 Å². The van der Waals surface area contributed by atoms with E-state index in [4.69, 9.17) is 0 Å². The normalized spacial score (nSPS) is 12.9. The molecule has 152 valence electrons. The fourth-order valence-corrected chi connectivity index (χ4v) is 5.53. The first-order chi connectivity index (χ1) is 14.7. The van der Waals surface area contributed by atoms with Crippen molar-refractivity contribution in [3.8, 4) is 5.82 Å². The van der Waals surface area contributed by atoms with Crippen LogP contribution in [-0.2, 0) is 23.4 Å². The Bertz CT molecular complexity index is 1260. The number of aromatic nitrogens is 5. The number of aryl methyl sites for hydroxylation is 2. The lowest BCUT2D eigenvalue weighted by Crippen LogP contribution is -2.15. The summed E-state index contributed by atoms with van der Waals surface area (Å²) in [4.78, 5) is 42.6. The molecule has 10 heteroatoms. The smallest absolute Gasteiger partial charge is 0.259 e. The molecule has 0 saturated heterocycles. The number of hydrogen-bond acceptors (Lipinski definition) is 7. The zero-order valence-corrected chi connectivity index (χ0v) is 17.6. The van der Waals surface area contributed by atoms with E-state index in [0.717, 1.165) is 35.3 Å². The predicted octanol–water partition coefficient (Wildman–Crippen LogP) is 2.93. The fourth-order valence-electron chi connectivity index (χ4n) is 3.56. The topological polar surface area (TPSA) is 106 Å². The van der Waals surface area contributed by atoms with E-state index in [1.165, 1.54) is 22.2 Å². The summed E-state index contributed by atoms with van der Waals surface area (Å²) >= 11 is 3.03. The van der Waals surface area contributed by atoms with Crippen LogP contribution >= 0.6 is 23.1 Å². The number of pyridine rings is 1. The number of imidazole rings is 1. The molecule has 4 heterocycles. The molecule has 4 aromatic rings. The van der Waals surface area contributed by atoms with Crippen molar-refractivity contribution in [3.63, 3.8) is 0 Å². The van der Waals surface area contributed by atoms with Crippen LogP contribution in [0.15, 0.2) is 41.8 Å². The number of amides is 1. The van der Waals surface area contributed by atoms with E-state index in [1.807, 2.05) is 6.07 Å². The van der Waals surface area contributed by atoms with Crippen molar-refractivity contribution in [2.24, 2.45) is 0 Å². The van der Waals surface area contributed by atoms with E-state index >= 15 is 0 Å². The van der Waals surface area contributed by atoms with Crippen molar-refractivity contribution in [2.45, 2.75) is 25.0 Å². The third-order valence-corrected chi connectivity index (χ3v) is 7.03. The van der Waals surface area contributed by atoms with Crippen LogP contribution in [-0.4, -0.2) is 36.2 Å². The van der Waals surface area contributed by atoms with Gasteiger partial charge in [0.1, 0.15) is 22.8 Å². The SMILES string of the molecule is O=C(CSCc1nc2sc3c(c2c(=O)[nH]1)CCC3)Nc1ccc(-n2ccnc2)nc1. The van der Waals surface area contributed by atoms with Gasteiger partial charge in [0.15, 0.2) is 0 Å². The maximum atomic E-state index is 12.5. The predicted molar refractivity (Wildman–Crippen MR) is 118 cm³/mol. The summed E-state index contributed by atoms with van der Waals surface area (Å²) in [5.74, 6) is 1.93. The molecule has 0 atom stereocenters. The molecular weight excluding hydrogens is 420 g/mol. The maximum absolute atomic E-state index is 12.5. The Morgan fingerprint density at radius 3 is 3.07 bits per heavy atom. The number of rotatable bonds is 6. The van der Waals surface area contributed by atoms with Crippen molar-refractivity contribution in [1.29, 1.82) is 0 Å². The van der Waals surface area contributed by atoms with Crippen LogP contribution in [0.2, 0.25) is 0 Å². The Balaban J connectivity index is 1.18. The van der Waals surface area contributed by atoms with Crippen LogP contribution < -0.4 is 10.9 Å². The molecule has 4 aromatic heterocycles. The summed E-state index contributed by atoms with van der Waals surface area (Å²) in [6.07, 6.45) is 9.88. The Morgan fingerprint density at radius 1 is 1.33 bits per heavy atom. The minimum atomic E-state index is -0.129. The number of H-pyrrole nitrogens is 1. The van der Waals surface area contributed by atoms with Gasteiger partial charge in [0, 0.05) is 17.3 Å². The molecule has 1 aliphatic carbocycles. The first-order valence-corrected chi connectivity index (χ1v) is 11.5. The lowest BCUT2D eigenvalue weighted by Gasteiger charge is -2.06. The number of thiophene rings is 1. The summed E-state index contributed by atoms with van der Waals surface area (Å²) in [6.45, 7) is 0.